The molecule has 2 amide bonds. The molecule has 2 aromatic heterocycles. The van der Waals surface area contributed by atoms with E-state index in [0.717, 1.165) is 23.4 Å². The molecule has 0 saturated carbocycles. The second-order valence-electron chi connectivity index (χ2n) is 7.24. The summed E-state index contributed by atoms with van der Waals surface area (Å²) in [7, 11) is 0. The SMILES string of the molecule is C[C@H](NC(=O)NCc1cccnc1-n1ccnc1)c1ccc2c(c1)CCCC2. The molecule has 0 spiro atoms. The molecule has 0 aliphatic heterocycles. The Morgan fingerprint density at radius 1 is 1.18 bits per heavy atom. The third-order valence-corrected chi connectivity index (χ3v) is 5.28. The summed E-state index contributed by atoms with van der Waals surface area (Å²) in [5, 5.41) is 5.98. The molecule has 0 bridgehead atoms. The summed E-state index contributed by atoms with van der Waals surface area (Å²) in [6.45, 7) is 2.41. The summed E-state index contributed by atoms with van der Waals surface area (Å²) in [5.41, 5.74) is 4.96. The number of carbonyl (C=O) groups excluding carboxylic acids is 1. The number of imidazole rings is 1. The molecule has 0 fully saturated rings. The number of aromatic nitrogens is 3. The summed E-state index contributed by atoms with van der Waals surface area (Å²) in [6, 6.07) is 10.2. The second kappa shape index (κ2) is 8.25. The number of fused-ring (bicyclic) bond motifs is 1. The first-order valence-electron chi connectivity index (χ1n) is 9.79. The average Bonchev–Trinajstić information content (AvgIpc) is 3.27. The molecule has 0 unspecified atom stereocenters. The van der Waals surface area contributed by atoms with Crippen molar-refractivity contribution in [3.63, 3.8) is 0 Å². The molecule has 6 nitrogen and oxygen atoms in total. The number of hydrogen-bond acceptors (Lipinski definition) is 3. The van der Waals surface area contributed by atoms with E-state index in [-0.39, 0.29) is 12.1 Å². The minimum absolute atomic E-state index is 0.0470. The highest BCUT2D eigenvalue weighted by molar-refractivity contribution is 5.74. The molecular weight excluding hydrogens is 350 g/mol. The number of urea groups is 1. The Bertz CT molecular complexity index is 951. The van der Waals surface area contributed by atoms with Crippen molar-refractivity contribution in [3.05, 3.63) is 77.5 Å². The van der Waals surface area contributed by atoms with Crippen LogP contribution >= 0.6 is 0 Å². The average molecular weight is 375 g/mol. The second-order valence-corrected chi connectivity index (χ2v) is 7.24. The predicted octanol–water partition coefficient (Wildman–Crippen LogP) is 3.71. The Hall–Kier alpha value is -3.15. The van der Waals surface area contributed by atoms with E-state index >= 15 is 0 Å². The molecule has 4 rings (SSSR count). The van der Waals surface area contributed by atoms with E-state index in [1.165, 1.54) is 30.4 Å². The van der Waals surface area contributed by atoms with Gasteiger partial charge >= 0.3 is 6.03 Å². The maximum atomic E-state index is 12.4. The van der Waals surface area contributed by atoms with Gasteiger partial charge in [-0.2, -0.15) is 0 Å². The summed E-state index contributed by atoms with van der Waals surface area (Å²) >= 11 is 0. The minimum Gasteiger partial charge on any atom is -0.334 e. The van der Waals surface area contributed by atoms with Gasteiger partial charge in [0.15, 0.2) is 0 Å². The normalized spacial score (nSPS) is 14.2. The maximum absolute atomic E-state index is 12.4. The van der Waals surface area contributed by atoms with E-state index in [2.05, 4.69) is 38.8 Å². The van der Waals surface area contributed by atoms with Crippen LogP contribution in [0.25, 0.3) is 5.82 Å². The number of aryl methyl sites for hydroxylation is 2. The zero-order valence-electron chi connectivity index (χ0n) is 16.1. The van der Waals surface area contributed by atoms with Gasteiger partial charge in [-0.15, -0.1) is 0 Å². The smallest absolute Gasteiger partial charge is 0.315 e. The van der Waals surface area contributed by atoms with Crippen LogP contribution in [0.15, 0.2) is 55.2 Å². The lowest BCUT2D eigenvalue weighted by molar-refractivity contribution is 0.237. The Morgan fingerprint density at radius 2 is 2.04 bits per heavy atom. The fraction of sp³-hybridized carbons (Fsp3) is 0.318. The van der Waals surface area contributed by atoms with Crippen LogP contribution in [-0.2, 0) is 19.4 Å². The first kappa shape index (κ1) is 18.2. The topological polar surface area (TPSA) is 71.8 Å². The number of nitrogens with one attached hydrogen (secondary N) is 2. The molecule has 0 radical (unpaired) electrons. The summed E-state index contributed by atoms with van der Waals surface area (Å²) in [6.07, 6.45) is 11.8. The third kappa shape index (κ3) is 4.06. The molecule has 28 heavy (non-hydrogen) atoms. The largest absolute Gasteiger partial charge is 0.334 e. The number of nitrogens with zero attached hydrogens (tertiary/aromatic N) is 3. The van der Waals surface area contributed by atoms with Crippen molar-refractivity contribution in [2.24, 2.45) is 0 Å². The van der Waals surface area contributed by atoms with Crippen molar-refractivity contribution in [1.29, 1.82) is 0 Å². The van der Waals surface area contributed by atoms with E-state index in [1.807, 2.05) is 29.8 Å². The van der Waals surface area contributed by atoms with Crippen molar-refractivity contribution < 1.29 is 4.79 Å². The van der Waals surface area contributed by atoms with Gasteiger partial charge in [-0.05, 0) is 55.4 Å². The van der Waals surface area contributed by atoms with Gasteiger partial charge in [0.05, 0.1) is 6.04 Å². The zero-order chi connectivity index (χ0) is 19.3. The lowest BCUT2D eigenvalue weighted by Crippen LogP contribution is -2.36. The van der Waals surface area contributed by atoms with Crippen LogP contribution in [0.4, 0.5) is 4.79 Å². The zero-order valence-corrected chi connectivity index (χ0v) is 16.1. The molecule has 1 aliphatic rings. The number of amides is 2. The molecule has 1 aliphatic carbocycles. The van der Waals surface area contributed by atoms with E-state index < -0.39 is 0 Å². The fourth-order valence-corrected chi connectivity index (χ4v) is 3.71. The van der Waals surface area contributed by atoms with E-state index in [9.17, 15) is 4.79 Å². The van der Waals surface area contributed by atoms with Gasteiger partial charge in [-0.25, -0.2) is 14.8 Å². The first-order chi connectivity index (χ1) is 13.7. The fourth-order valence-electron chi connectivity index (χ4n) is 3.71. The molecule has 0 saturated heterocycles. The van der Waals surface area contributed by atoms with Gasteiger partial charge in [-0.1, -0.05) is 24.3 Å². The predicted molar refractivity (Wildman–Crippen MR) is 108 cm³/mol. The van der Waals surface area contributed by atoms with Crippen LogP contribution < -0.4 is 10.6 Å². The van der Waals surface area contributed by atoms with Crippen molar-refractivity contribution in [2.45, 2.75) is 45.2 Å². The van der Waals surface area contributed by atoms with Crippen molar-refractivity contribution in [2.75, 3.05) is 0 Å². The maximum Gasteiger partial charge on any atom is 0.315 e. The van der Waals surface area contributed by atoms with Crippen molar-refractivity contribution in [3.8, 4) is 5.82 Å². The lowest BCUT2D eigenvalue weighted by atomic mass is 9.89. The van der Waals surface area contributed by atoms with Gasteiger partial charge < -0.3 is 10.6 Å². The van der Waals surface area contributed by atoms with Crippen LogP contribution in [0, 0.1) is 0 Å². The monoisotopic (exact) mass is 375 g/mol. The van der Waals surface area contributed by atoms with Crippen LogP contribution in [-0.4, -0.2) is 20.6 Å². The highest BCUT2D eigenvalue weighted by Gasteiger charge is 2.14. The Kier molecular flexibility index (Phi) is 5.37. The standard InChI is InChI=1S/C22H25N5O/c1-16(18-9-8-17-5-2-3-6-19(17)13-18)26-22(28)25-14-20-7-4-10-24-21(20)27-12-11-23-15-27/h4,7-13,15-16H,2-3,5-6,14H2,1H3,(H2,25,26,28)/t16-/m0/s1. The number of hydrogen-bond donors (Lipinski definition) is 2. The lowest BCUT2D eigenvalue weighted by Gasteiger charge is -2.20. The van der Waals surface area contributed by atoms with E-state index in [1.54, 1.807) is 18.7 Å². The van der Waals surface area contributed by atoms with Crippen molar-refractivity contribution >= 4 is 6.03 Å². The van der Waals surface area contributed by atoms with Crippen LogP contribution in [0.5, 0.6) is 0 Å². The number of benzene rings is 1. The Balaban J connectivity index is 1.38. The molecule has 3 aromatic rings. The van der Waals surface area contributed by atoms with E-state index in [4.69, 9.17) is 0 Å². The molecule has 6 heteroatoms. The molecular formula is C22H25N5O. The highest BCUT2D eigenvalue weighted by Crippen LogP contribution is 2.24. The van der Waals surface area contributed by atoms with Crippen LogP contribution in [0.3, 0.4) is 0 Å². The Labute approximate surface area is 165 Å². The molecule has 144 valence electrons. The third-order valence-electron chi connectivity index (χ3n) is 5.28. The number of pyridine rings is 1. The molecule has 1 aromatic carbocycles. The minimum atomic E-state index is -0.189. The van der Waals surface area contributed by atoms with Crippen LogP contribution in [0.1, 0.15) is 48.1 Å². The summed E-state index contributed by atoms with van der Waals surface area (Å²) in [4.78, 5) is 20.9. The quantitative estimate of drug-likeness (QED) is 0.714. The van der Waals surface area contributed by atoms with Crippen molar-refractivity contribution in [1.82, 2.24) is 25.2 Å². The highest BCUT2D eigenvalue weighted by atomic mass is 16.2. The Morgan fingerprint density at radius 3 is 2.86 bits per heavy atom. The number of rotatable bonds is 5. The van der Waals surface area contributed by atoms with Gasteiger partial charge in [-0.3, -0.25) is 4.57 Å². The van der Waals surface area contributed by atoms with E-state index in [0.29, 0.717) is 6.54 Å². The molecule has 2 heterocycles. The van der Waals surface area contributed by atoms with Gasteiger partial charge in [0.2, 0.25) is 0 Å². The van der Waals surface area contributed by atoms with Gasteiger partial charge in [0.25, 0.3) is 0 Å². The van der Waals surface area contributed by atoms with Gasteiger partial charge in [0.1, 0.15) is 12.1 Å². The summed E-state index contributed by atoms with van der Waals surface area (Å²) in [5.74, 6) is 0.767. The molecule has 2 N–H and O–H groups in total. The van der Waals surface area contributed by atoms with Gasteiger partial charge in [0, 0.05) is 30.7 Å². The molecule has 1 atom stereocenters. The summed E-state index contributed by atoms with van der Waals surface area (Å²) < 4.78 is 1.84. The number of carbonyl (C=O) groups is 1. The first-order valence-corrected chi connectivity index (χ1v) is 9.79. The van der Waals surface area contributed by atoms with Crippen LogP contribution in [0.2, 0.25) is 0 Å².